The molecular weight excluding hydrogens is 410 g/mol. The minimum Gasteiger partial charge on any atom is -0.505 e. The van der Waals surface area contributed by atoms with Crippen LogP contribution in [0.25, 0.3) is 0 Å². The first-order valence-electron chi connectivity index (χ1n) is 10.9. The number of phenols is 1. The van der Waals surface area contributed by atoms with Gasteiger partial charge in [-0.3, -0.25) is 14.4 Å². The molecule has 0 radical (unpaired) electrons. The number of aromatic hydroxyl groups is 1. The lowest BCUT2D eigenvalue weighted by atomic mass is 9.99. The molecule has 4 N–H and O–H groups in total. The first-order chi connectivity index (χ1) is 15.4. The van der Waals surface area contributed by atoms with Crippen LogP contribution in [0.1, 0.15) is 72.7 Å². The van der Waals surface area contributed by atoms with Crippen molar-refractivity contribution in [1.29, 1.82) is 0 Å². The Morgan fingerprint density at radius 3 is 2.59 bits per heavy atom. The van der Waals surface area contributed by atoms with Gasteiger partial charge in [0.1, 0.15) is 17.1 Å². The number of furan rings is 1. The average Bonchev–Trinajstić information content (AvgIpc) is 3.51. The van der Waals surface area contributed by atoms with Gasteiger partial charge in [-0.15, -0.1) is 0 Å². The second kappa shape index (κ2) is 8.90. The molecule has 1 atom stereocenters. The monoisotopic (exact) mass is 437 g/mol. The molecule has 0 saturated heterocycles. The van der Waals surface area contributed by atoms with E-state index in [9.17, 15) is 19.5 Å². The summed E-state index contributed by atoms with van der Waals surface area (Å²) in [6.07, 6.45) is 7.22. The Labute approximate surface area is 185 Å². The molecule has 8 nitrogen and oxygen atoms in total. The van der Waals surface area contributed by atoms with E-state index in [0.717, 1.165) is 18.6 Å². The SMILES string of the molecule is CC[C@@H](Nc1c(Nc2cccc(C(=O)NC)c2O)c(=O)c1=O)c1cc(C2CCCC2)co1. The van der Waals surface area contributed by atoms with Gasteiger partial charge in [0, 0.05) is 7.05 Å². The van der Waals surface area contributed by atoms with Crippen molar-refractivity contribution >= 4 is 23.0 Å². The summed E-state index contributed by atoms with van der Waals surface area (Å²) < 4.78 is 5.80. The van der Waals surface area contributed by atoms with Crippen LogP contribution in [0.3, 0.4) is 0 Å². The number of hydrogen-bond donors (Lipinski definition) is 4. The highest BCUT2D eigenvalue weighted by molar-refractivity contribution is 5.99. The lowest BCUT2D eigenvalue weighted by Gasteiger charge is -2.20. The van der Waals surface area contributed by atoms with E-state index < -0.39 is 16.8 Å². The summed E-state index contributed by atoms with van der Waals surface area (Å²) in [6, 6.07) is 6.33. The molecule has 0 aliphatic heterocycles. The van der Waals surface area contributed by atoms with Gasteiger partial charge in [-0.25, -0.2) is 0 Å². The van der Waals surface area contributed by atoms with Gasteiger partial charge in [-0.05, 0) is 48.9 Å². The number of amides is 1. The fourth-order valence-corrected chi connectivity index (χ4v) is 4.32. The summed E-state index contributed by atoms with van der Waals surface area (Å²) >= 11 is 0. The highest BCUT2D eigenvalue weighted by atomic mass is 16.3. The summed E-state index contributed by atoms with van der Waals surface area (Å²) in [4.78, 5) is 36.5. The largest absolute Gasteiger partial charge is 0.505 e. The van der Waals surface area contributed by atoms with Gasteiger partial charge in [-0.1, -0.05) is 25.8 Å². The fourth-order valence-electron chi connectivity index (χ4n) is 4.32. The number of carbonyl (C=O) groups excluding carboxylic acids is 1. The first kappa shape index (κ1) is 21.7. The Kier molecular flexibility index (Phi) is 6.03. The van der Waals surface area contributed by atoms with E-state index in [0.29, 0.717) is 12.3 Å². The van der Waals surface area contributed by atoms with Gasteiger partial charge >= 0.3 is 0 Å². The van der Waals surface area contributed by atoms with Crippen molar-refractivity contribution < 1.29 is 14.3 Å². The molecule has 1 saturated carbocycles. The Balaban J connectivity index is 1.56. The van der Waals surface area contributed by atoms with Crippen molar-refractivity contribution in [1.82, 2.24) is 5.32 Å². The quantitative estimate of drug-likeness (QED) is 0.311. The maximum atomic E-state index is 12.3. The number of para-hydroxylation sites is 1. The van der Waals surface area contributed by atoms with E-state index in [4.69, 9.17) is 4.42 Å². The minimum absolute atomic E-state index is 0.0559. The zero-order chi connectivity index (χ0) is 22.8. The predicted molar refractivity (Wildman–Crippen MR) is 123 cm³/mol. The summed E-state index contributed by atoms with van der Waals surface area (Å²) in [6.45, 7) is 1.96. The molecule has 32 heavy (non-hydrogen) atoms. The molecule has 1 aromatic heterocycles. The second-order valence-electron chi connectivity index (χ2n) is 8.18. The number of benzene rings is 1. The molecule has 4 rings (SSSR count). The molecule has 1 aliphatic carbocycles. The number of carbonyl (C=O) groups is 1. The Bertz CT molecular complexity index is 1200. The van der Waals surface area contributed by atoms with Crippen LogP contribution in [0, 0.1) is 0 Å². The molecule has 8 heteroatoms. The molecule has 0 spiro atoms. The van der Waals surface area contributed by atoms with Crippen molar-refractivity contribution in [3.8, 4) is 5.75 Å². The molecule has 168 valence electrons. The summed E-state index contributed by atoms with van der Waals surface area (Å²) in [7, 11) is 1.46. The van der Waals surface area contributed by atoms with Crippen molar-refractivity contribution in [2.24, 2.45) is 0 Å². The maximum Gasteiger partial charge on any atom is 0.254 e. The van der Waals surface area contributed by atoms with E-state index in [1.165, 1.54) is 37.6 Å². The van der Waals surface area contributed by atoms with Crippen molar-refractivity contribution in [2.45, 2.75) is 51.0 Å². The van der Waals surface area contributed by atoms with Crippen molar-refractivity contribution in [2.75, 3.05) is 17.7 Å². The predicted octanol–water partition coefficient (Wildman–Crippen LogP) is 3.91. The first-order valence-corrected chi connectivity index (χ1v) is 10.9. The van der Waals surface area contributed by atoms with Gasteiger partial charge in [0.2, 0.25) is 0 Å². The number of phenolic OH excluding ortho intramolecular Hbond substituents is 1. The van der Waals surface area contributed by atoms with Gasteiger partial charge < -0.3 is 25.5 Å². The molecule has 0 bridgehead atoms. The molecule has 0 unspecified atom stereocenters. The molecule has 1 fully saturated rings. The third-order valence-corrected chi connectivity index (χ3v) is 6.21. The second-order valence-corrected chi connectivity index (χ2v) is 8.18. The van der Waals surface area contributed by atoms with Crippen LogP contribution < -0.4 is 26.8 Å². The van der Waals surface area contributed by atoms with Gasteiger partial charge in [0.15, 0.2) is 5.75 Å². The van der Waals surface area contributed by atoms with Gasteiger partial charge in [-0.2, -0.15) is 0 Å². The molecule has 1 amide bonds. The smallest absolute Gasteiger partial charge is 0.254 e. The standard InChI is InChI=1S/C24H27N3O5/c1-3-16(18-11-14(12-32-18)13-7-4-5-8-13)26-19-20(23(30)22(19)29)27-17-10-6-9-15(21(17)28)24(31)25-2/h6,9-13,16,26-28H,3-5,7-8H2,1-2H3,(H,25,31)/t16-/m1/s1. The molecule has 2 aromatic carbocycles. The van der Waals surface area contributed by atoms with Crippen LogP contribution in [0.15, 0.2) is 44.5 Å². The Morgan fingerprint density at radius 2 is 1.91 bits per heavy atom. The third kappa shape index (κ3) is 3.88. The number of hydrogen-bond acceptors (Lipinski definition) is 7. The fraction of sp³-hybridized carbons (Fsp3) is 0.375. The number of anilines is 3. The molecule has 1 aliphatic rings. The summed E-state index contributed by atoms with van der Waals surface area (Å²) in [5, 5.41) is 18.8. The zero-order valence-corrected chi connectivity index (χ0v) is 18.2. The van der Waals surface area contributed by atoms with E-state index in [-0.39, 0.29) is 34.4 Å². The summed E-state index contributed by atoms with van der Waals surface area (Å²) in [5.41, 5.74) is 0.291. The normalized spacial score (nSPS) is 15.1. The molecular formula is C24H27N3O5. The zero-order valence-electron chi connectivity index (χ0n) is 18.2. The number of rotatable bonds is 8. The van der Waals surface area contributed by atoms with Gasteiger partial charge in [0.25, 0.3) is 16.8 Å². The third-order valence-electron chi connectivity index (χ3n) is 6.21. The van der Waals surface area contributed by atoms with Crippen molar-refractivity contribution in [3.63, 3.8) is 0 Å². The van der Waals surface area contributed by atoms with E-state index in [1.54, 1.807) is 12.3 Å². The molecule has 3 aromatic rings. The maximum absolute atomic E-state index is 12.3. The lowest BCUT2D eigenvalue weighted by molar-refractivity contribution is 0.0960. The van der Waals surface area contributed by atoms with Crippen LogP contribution in [-0.2, 0) is 0 Å². The van der Waals surface area contributed by atoms with Crippen LogP contribution in [-0.4, -0.2) is 18.1 Å². The van der Waals surface area contributed by atoms with E-state index >= 15 is 0 Å². The Morgan fingerprint density at radius 1 is 1.19 bits per heavy atom. The van der Waals surface area contributed by atoms with E-state index in [2.05, 4.69) is 16.0 Å². The van der Waals surface area contributed by atoms with Crippen LogP contribution >= 0.6 is 0 Å². The Hall–Kier alpha value is -3.55. The molecule has 1 heterocycles. The van der Waals surface area contributed by atoms with Crippen LogP contribution in [0.2, 0.25) is 0 Å². The average molecular weight is 437 g/mol. The van der Waals surface area contributed by atoms with Crippen LogP contribution in [0.5, 0.6) is 5.75 Å². The van der Waals surface area contributed by atoms with Gasteiger partial charge in [0.05, 0.1) is 23.6 Å². The highest BCUT2D eigenvalue weighted by Crippen LogP contribution is 2.37. The topological polar surface area (TPSA) is 121 Å². The highest BCUT2D eigenvalue weighted by Gasteiger charge is 2.27. The lowest BCUT2D eigenvalue weighted by Crippen LogP contribution is -2.37. The summed E-state index contributed by atoms with van der Waals surface area (Å²) in [5.74, 6) is 0.475. The van der Waals surface area contributed by atoms with E-state index in [1.807, 2.05) is 13.0 Å². The van der Waals surface area contributed by atoms with Crippen LogP contribution in [0.4, 0.5) is 17.1 Å². The number of nitrogens with one attached hydrogen (secondary N) is 3. The minimum atomic E-state index is -0.682. The van der Waals surface area contributed by atoms with Crippen molar-refractivity contribution in [3.05, 3.63) is 67.9 Å².